The summed E-state index contributed by atoms with van der Waals surface area (Å²) in [7, 11) is 0. The molecule has 0 bridgehead atoms. The zero-order chi connectivity index (χ0) is 15.6. The molecule has 0 saturated carbocycles. The van der Waals surface area contributed by atoms with E-state index in [2.05, 4.69) is 45.6 Å². The van der Waals surface area contributed by atoms with Crippen molar-refractivity contribution in [2.45, 2.75) is 60.4 Å². The van der Waals surface area contributed by atoms with Gasteiger partial charge in [0.15, 0.2) is 0 Å². The molecule has 1 aliphatic heterocycles. The maximum Gasteiger partial charge on any atom is 0.133 e. The van der Waals surface area contributed by atoms with Gasteiger partial charge >= 0.3 is 0 Å². The number of nitrogens with zero attached hydrogens (tertiary/aromatic N) is 2. The first-order chi connectivity index (χ1) is 9.82. The van der Waals surface area contributed by atoms with E-state index in [-0.39, 0.29) is 0 Å². The fraction of sp³-hybridized carbons (Fsp3) is 0.722. The van der Waals surface area contributed by atoms with Gasteiger partial charge in [-0.05, 0) is 56.1 Å². The second-order valence-corrected chi connectivity index (χ2v) is 7.57. The Hall–Kier alpha value is -1.09. The van der Waals surface area contributed by atoms with Crippen LogP contribution in [0.15, 0.2) is 6.07 Å². The van der Waals surface area contributed by atoms with Crippen molar-refractivity contribution in [3.05, 3.63) is 22.9 Å². The molecule has 1 atom stereocenters. The third-order valence-electron chi connectivity index (χ3n) is 4.91. The Balaban J connectivity index is 2.23. The molecule has 1 aromatic heterocycles. The number of pyridine rings is 1. The second-order valence-electron chi connectivity index (χ2n) is 7.57. The standard InChI is InChI=1S/C18H31N3/c1-13-11-14(2)20-17(16(13)12-19)21-9-6-7-15(8-10-21)18(3,4)5/h11,15H,6-10,12,19H2,1-5H3. The Kier molecular flexibility index (Phi) is 4.92. The van der Waals surface area contributed by atoms with Crippen LogP contribution in [-0.4, -0.2) is 18.1 Å². The number of aromatic nitrogens is 1. The van der Waals surface area contributed by atoms with Gasteiger partial charge in [-0.2, -0.15) is 0 Å². The fourth-order valence-corrected chi connectivity index (χ4v) is 3.53. The van der Waals surface area contributed by atoms with Crippen LogP contribution in [0.25, 0.3) is 0 Å². The van der Waals surface area contributed by atoms with Crippen LogP contribution in [0.4, 0.5) is 5.82 Å². The van der Waals surface area contributed by atoms with Crippen molar-refractivity contribution in [3.63, 3.8) is 0 Å². The lowest BCUT2D eigenvalue weighted by Gasteiger charge is -2.30. The Morgan fingerprint density at radius 1 is 1.24 bits per heavy atom. The predicted octanol–water partition coefficient (Wildman–Crippen LogP) is 3.81. The van der Waals surface area contributed by atoms with Crippen LogP contribution in [0.2, 0.25) is 0 Å². The number of aryl methyl sites for hydroxylation is 2. The molecule has 3 heteroatoms. The van der Waals surface area contributed by atoms with Gasteiger partial charge in [-0.1, -0.05) is 20.8 Å². The zero-order valence-electron chi connectivity index (χ0n) is 14.4. The molecular formula is C18H31N3. The Morgan fingerprint density at radius 3 is 2.57 bits per heavy atom. The molecule has 1 aromatic rings. The summed E-state index contributed by atoms with van der Waals surface area (Å²) in [6.45, 7) is 14.1. The van der Waals surface area contributed by atoms with Crippen molar-refractivity contribution in [2.24, 2.45) is 17.1 Å². The van der Waals surface area contributed by atoms with Gasteiger partial charge < -0.3 is 10.6 Å². The Labute approximate surface area is 129 Å². The van der Waals surface area contributed by atoms with Gasteiger partial charge in [0, 0.05) is 30.9 Å². The molecule has 1 unspecified atom stereocenters. The minimum Gasteiger partial charge on any atom is -0.356 e. The Morgan fingerprint density at radius 2 is 1.95 bits per heavy atom. The van der Waals surface area contributed by atoms with E-state index in [1.165, 1.54) is 30.4 Å². The Bertz CT molecular complexity index is 488. The van der Waals surface area contributed by atoms with E-state index in [0.717, 1.165) is 30.5 Å². The zero-order valence-corrected chi connectivity index (χ0v) is 14.4. The van der Waals surface area contributed by atoms with Gasteiger partial charge in [0.2, 0.25) is 0 Å². The van der Waals surface area contributed by atoms with E-state index in [9.17, 15) is 0 Å². The van der Waals surface area contributed by atoms with Crippen molar-refractivity contribution in [2.75, 3.05) is 18.0 Å². The maximum atomic E-state index is 5.98. The lowest BCUT2D eigenvalue weighted by molar-refractivity contribution is 0.220. The first-order valence-corrected chi connectivity index (χ1v) is 8.25. The topological polar surface area (TPSA) is 42.1 Å². The van der Waals surface area contributed by atoms with Gasteiger partial charge in [-0.15, -0.1) is 0 Å². The summed E-state index contributed by atoms with van der Waals surface area (Å²) in [5, 5.41) is 0. The van der Waals surface area contributed by atoms with Gasteiger partial charge in [0.05, 0.1) is 0 Å². The number of hydrogen-bond donors (Lipinski definition) is 1. The van der Waals surface area contributed by atoms with Gasteiger partial charge in [0.1, 0.15) is 5.82 Å². The van der Waals surface area contributed by atoms with E-state index in [1.54, 1.807) is 0 Å². The van der Waals surface area contributed by atoms with Crippen LogP contribution in [0.1, 0.15) is 56.9 Å². The normalized spacial score (nSPS) is 20.5. The van der Waals surface area contributed by atoms with Crippen LogP contribution in [0, 0.1) is 25.2 Å². The number of hydrogen-bond acceptors (Lipinski definition) is 3. The minimum atomic E-state index is 0.405. The molecule has 0 spiro atoms. The van der Waals surface area contributed by atoms with Crippen molar-refractivity contribution >= 4 is 5.82 Å². The largest absolute Gasteiger partial charge is 0.356 e. The van der Waals surface area contributed by atoms with E-state index in [1.807, 2.05) is 0 Å². The van der Waals surface area contributed by atoms with E-state index in [4.69, 9.17) is 10.7 Å². The smallest absolute Gasteiger partial charge is 0.133 e. The summed E-state index contributed by atoms with van der Waals surface area (Å²) in [6, 6.07) is 2.14. The molecule has 0 aromatic carbocycles. The highest BCUT2D eigenvalue weighted by Crippen LogP contribution is 2.35. The summed E-state index contributed by atoms with van der Waals surface area (Å²) in [4.78, 5) is 7.27. The average Bonchev–Trinajstić information content (AvgIpc) is 2.63. The quantitative estimate of drug-likeness (QED) is 0.900. The summed E-state index contributed by atoms with van der Waals surface area (Å²) in [5.74, 6) is 1.93. The molecule has 1 aliphatic rings. The van der Waals surface area contributed by atoms with Gasteiger partial charge in [-0.25, -0.2) is 4.98 Å². The molecule has 0 radical (unpaired) electrons. The van der Waals surface area contributed by atoms with Crippen molar-refractivity contribution in [1.82, 2.24) is 4.98 Å². The maximum absolute atomic E-state index is 5.98. The SMILES string of the molecule is Cc1cc(C)c(CN)c(N2CCCC(C(C)(C)C)CC2)n1. The summed E-state index contributed by atoms with van der Waals surface area (Å²) >= 11 is 0. The van der Waals surface area contributed by atoms with Crippen molar-refractivity contribution < 1.29 is 0 Å². The number of nitrogens with two attached hydrogens (primary N) is 1. The summed E-state index contributed by atoms with van der Waals surface area (Å²) in [6.07, 6.45) is 3.82. The predicted molar refractivity (Wildman–Crippen MR) is 90.6 cm³/mol. The van der Waals surface area contributed by atoms with E-state index < -0.39 is 0 Å². The summed E-state index contributed by atoms with van der Waals surface area (Å²) in [5.41, 5.74) is 9.97. The molecule has 1 saturated heterocycles. The van der Waals surface area contributed by atoms with Crippen molar-refractivity contribution in [1.29, 1.82) is 0 Å². The first-order valence-electron chi connectivity index (χ1n) is 8.25. The van der Waals surface area contributed by atoms with Gasteiger partial charge in [-0.3, -0.25) is 0 Å². The molecule has 3 nitrogen and oxygen atoms in total. The molecule has 0 aliphatic carbocycles. The molecule has 21 heavy (non-hydrogen) atoms. The van der Waals surface area contributed by atoms with Crippen LogP contribution in [0.5, 0.6) is 0 Å². The van der Waals surface area contributed by atoms with Crippen LogP contribution >= 0.6 is 0 Å². The highest BCUT2D eigenvalue weighted by atomic mass is 15.2. The molecule has 118 valence electrons. The van der Waals surface area contributed by atoms with Crippen LogP contribution in [-0.2, 0) is 6.54 Å². The van der Waals surface area contributed by atoms with E-state index >= 15 is 0 Å². The molecule has 2 N–H and O–H groups in total. The molecule has 1 fully saturated rings. The fourth-order valence-electron chi connectivity index (χ4n) is 3.53. The minimum absolute atomic E-state index is 0.405. The monoisotopic (exact) mass is 289 g/mol. The van der Waals surface area contributed by atoms with Crippen LogP contribution < -0.4 is 10.6 Å². The highest BCUT2D eigenvalue weighted by molar-refractivity contribution is 5.51. The first kappa shape index (κ1) is 16.3. The second kappa shape index (κ2) is 6.35. The lowest BCUT2D eigenvalue weighted by Crippen LogP contribution is -2.28. The van der Waals surface area contributed by atoms with Crippen LogP contribution in [0.3, 0.4) is 0 Å². The summed E-state index contributed by atoms with van der Waals surface area (Å²) < 4.78 is 0. The molecule has 0 amide bonds. The average molecular weight is 289 g/mol. The molecular weight excluding hydrogens is 258 g/mol. The number of anilines is 1. The highest BCUT2D eigenvalue weighted by Gasteiger charge is 2.28. The lowest BCUT2D eigenvalue weighted by atomic mass is 9.77. The third-order valence-corrected chi connectivity index (χ3v) is 4.91. The van der Waals surface area contributed by atoms with Gasteiger partial charge in [0.25, 0.3) is 0 Å². The molecule has 2 heterocycles. The third kappa shape index (κ3) is 3.76. The van der Waals surface area contributed by atoms with E-state index in [0.29, 0.717) is 12.0 Å². The molecule has 2 rings (SSSR count). The van der Waals surface area contributed by atoms with Crippen molar-refractivity contribution in [3.8, 4) is 0 Å². The number of rotatable bonds is 2.